The predicted octanol–water partition coefficient (Wildman–Crippen LogP) is -0.373. The minimum absolute atomic E-state index is 0.563. The summed E-state index contributed by atoms with van der Waals surface area (Å²) in [6.45, 7) is 0. The second-order valence-corrected chi connectivity index (χ2v) is 8.36. The molecule has 0 bridgehead atoms. The van der Waals surface area contributed by atoms with Gasteiger partial charge < -0.3 is 0 Å². The smallest absolute Gasteiger partial charge is 0.282 e. The fraction of sp³-hybridized carbons (Fsp3) is 0. The summed E-state index contributed by atoms with van der Waals surface area (Å²) in [5.74, 6) is -2.20. The molecule has 1 rings (SSSR count). The molecule has 0 aromatic carbocycles. The summed E-state index contributed by atoms with van der Waals surface area (Å²) in [5.41, 5.74) is 0. The first-order chi connectivity index (χ1) is 7.76. The fourth-order valence-electron chi connectivity index (χ4n) is 0.912. The van der Waals surface area contributed by atoms with Gasteiger partial charge in [0.25, 0.3) is 10.1 Å². The molecule has 0 atom stereocenters. The van der Waals surface area contributed by atoms with Crippen molar-refractivity contribution in [2.75, 3.05) is 0 Å². The molecule has 3 N–H and O–H groups in total. The first kappa shape index (κ1) is 15.4. The van der Waals surface area contributed by atoms with E-state index in [0.29, 0.717) is 0 Å². The van der Waals surface area contributed by atoms with E-state index >= 15 is 0 Å². The Morgan fingerprint density at radius 2 is 1.17 bits per heavy atom. The third kappa shape index (κ3) is 2.85. The van der Waals surface area contributed by atoms with Crippen LogP contribution in [-0.4, -0.2) is 38.9 Å². The molecule has 0 saturated heterocycles. The SMILES string of the molecule is O=S(=O)(O)c1sc(S(=O)(=O)O)c(S(=O)(=O)O)c1F. The lowest BCUT2D eigenvalue weighted by atomic mass is 10.6. The summed E-state index contributed by atoms with van der Waals surface area (Å²) in [6, 6.07) is 0. The molecule has 0 aliphatic carbocycles. The first-order valence-corrected chi connectivity index (χ1v) is 8.64. The van der Waals surface area contributed by atoms with Crippen LogP contribution in [0.4, 0.5) is 4.39 Å². The van der Waals surface area contributed by atoms with E-state index in [0.717, 1.165) is 0 Å². The van der Waals surface area contributed by atoms with Gasteiger partial charge in [0.2, 0.25) is 0 Å². The minimum Gasteiger partial charge on any atom is -0.282 e. The molecule has 0 spiro atoms. The quantitative estimate of drug-likeness (QED) is 0.621. The van der Waals surface area contributed by atoms with Crippen LogP contribution in [0.25, 0.3) is 0 Å². The van der Waals surface area contributed by atoms with Crippen molar-refractivity contribution in [3.05, 3.63) is 5.82 Å². The molecule has 0 fully saturated rings. The number of hydrogen-bond donors (Lipinski definition) is 3. The molecule has 0 unspecified atom stereocenters. The summed E-state index contributed by atoms with van der Waals surface area (Å²) in [6.07, 6.45) is 0. The molecule has 0 saturated carbocycles. The summed E-state index contributed by atoms with van der Waals surface area (Å²) < 4.78 is 100.0. The van der Waals surface area contributed by atoms with E-state index in [1.807, 2.05) is 0 Å². The maximum absolute atomic E-state index is 13.4. The summed E-state index contributed by atoms with van der Waals surface area (Å²) in [4.78, 5) is -1.94. The largest absolute Gasteiger partial charge is 0.307 e. The second kappa shape index (κ2) is 4.19. The van der Waals surface area contributed by atoms with Gasteiger partial charge in [-0.05, 0) is 0 Å². The zero-order valence-corrected chi connectivity index (χ0v) is 11.1. The van der Waals surface area contributed by atoms with Gasteiger partial charge in [-0.2, -0.15) is 25.3 Å². The van der Waals surface area contributed by atoms with Crippen LogP contribution in [0.5, 0.6) is 0 Å². The Morgan fingerprint density at radius 1 is 0.778 bits per heavy atom. The van der Waals surface area contributed by atoms with E-state index in [-0.39, 0.29) is 0 Å². The van der Waals surface area contributed by atoms with Gasteiger partial charge in [-0.15, -0.1) is 11.3 Å². The molecule has 0 amide bonds. The molecule has 14 heteroatoms. The number of hydrogen-bond acceptors (Lipinski definition) is 7. The van der Waals surface area contributed by atoms with E-state index in [1.54, 1.807) is 0 Å². The van der Waals surface area contributed by atoms with Crippen LogP contribution in [0, 0.1) is 5.82 Å². The van der Waals surface area contributed by atoms with Gasteiger partial charge in [-0.25, -0.2) is 4.39 Å². The van der Waals surface area contributed by atoms with Gasteiger partial charge in [-0.1, -0.05) is 0 Å². The zero-order chi connectivity index (χ0) is 14.5. The van der Waals surface area contributed by atoms with Crippen LogP contribution in [0.15, 0.2) is 13.3 Å². The van der Waals surface area contributed by atoms with Gasteiger partial charge in [0.05, 0.1) is 0 Å². The van der Waals surface area contributed by atoms with Crippen molar-refractivity contribution in [3.63, 3.8) is 0 Å². The average Bonchev–Trinajstić information content (AvgIpc) is 2.39. The van der Waals surface area contributed by atoms with Crippen molar-refractivity contribution in [2.24, 2.45) is 0 Å². The molecule has 9 nitrogen and oxygen atoms in total. The Labute approximate surface area is 104 Å². The minimum atomic E-state index is -5.47. The normalized spacial score (nSPS) is 13.8. The number of thiophene rings is 1. The third-order valence-corrected chi connectivity index (χ3v) is 6.47. The van der Waals surface area contributed by atoms with E-state index in [4.69, 9.17) is 13.7 Å². The van der Waals surface area contributed by atoms with Crippen LogP contribution >= 0.6 is 11.3 Å². The molecule has 1 aromatic rings. The van der Waals surface area contributed by atoms with Gasteiger partial charge in [-0.3, -0.25) is 13.7 Å². The maximum Gasteiger partial charge on any atom is 0.307 e. The Bertz CT molecular complexity index is 795. The Balaban J connectivity index is 3.99. The third-order valence-electron chi connectivity index (χ3n) is 1.48. The fourth-order valence-corrected chi connectivity index (χ4v) is 5.35. The highest BCUT2D eigenvalue weighted by atomic mass is 32.3. The zero-order valence-electron chi connectivity index (χ0n) is 7.80. The summed E-state index contributed by atoms with van der Waals surface area (Å²) >= 11 is -0.563. The van der Waals surface area contributed by atoms with E-state index in [9.17, 15) is 29.6 Å². The van der Waals surface area contributed by atoms with Crippen molar-refractivity contribution in [2.45, 2.75) is 13.3 Å². The lowest BCUT2D eigenvalue weighted by Crippen LogP contribution is -2.07. The standard InChI is InChI=1S/C4H3FO9S4/c5-1-2(16(6,7)8)4(18(12,13)14)15-3(1)17(9,10)11/h(H,6,7,8)(H,9,10,11)(H,12,13,14). The molecule has 0 radical (unpaired) electrons. The number of halogens is 1. The molecule has 0 aliphatic rings. The molecule has 1 aromatic heterocycles. The van der Waals surface area contributed by atoms with Crippen molar-refractivity contribution in [1.29, 1.82) is 0 Å². The second-order valence-electron chi connectivity index (χ2n) is 2.75. The van der Waals surface area contributed by atoms with E-state index in [1.165, 1.54) is 0 Å². The lowest BCUT2D eigenvalue weighted by molar-refractivity contribution is 0.454. The highest BCUT2D eigenvalue weighted by Crippen LogP contribution is 2.36. The van der Waals surface area contributed by atoms with Crippen LogP contribution in [-0.2, 0) is 30.4 Å². The van der Waals surface area contributed by atoms with Gasteiger partial charge in [0.15, 0.2) is 19.1 Å². The van der Waals surface area contributed by atoms with Crippen LogP contribution in [0.1, 0.15) is 0 Å². The monoisotopic (exact) mass is 342 g/mol. The molecule has 18 heavy (non-hydrogen) atoms. The highest BCUT2D eigenvalue weighted by Gasteiger charge is 2.37. The molecule has 104 valence electrons. The Hall–Kier alpha value is -0.640. The van der Waals surface area contributed by atoms with Crippen molar-refractivity contribution >= 4 is 41.7 Å². The lowest BCUT2D eigenvalue weighted by Gasteiger charge is -1.96. The van der Waals surface area contributed by atoms with Crippen LogP contribution in [0.2, 0.25) is 0 Å². The molecular weight excluding hydrogens is 339 g/mol. The first-order valence-electron chi connectivity index (χ1n) is 3.51. The van der Waals surface area contributed by atoms with Crippen LogP contribution < -0.4 is 0 Å². The van der Waals surface area contributed by atoms with Gasteiger partial charge >= 0.3 is 20.2 Å². The summed E-state index contributed by atoms with van der Waals surface area (Å²) in [7, 11) is -16.0. The van der Waals surface area contributed by atoms with Crippen LogP contribution in [0.3, 0.4) is 0 Å². The van der Waals surface area contributed by atoms with Gasteiger partial charge in [0, 0.05) is 0 Å². The molecule has 0 aliphatic heterocycles. The van der Waals surface area contributed by atoms with Crippen molar-refractivity contribution in [3.8, 4) is 0 Å². The number of rotatable bonds is 3. The highest BCUT2D eigenvalue weighted by molar-refractivity contribution is 7.92. The Morgan fingerprint density at radius 3 is 1.39 bits per heavy atom. The predicted molar refractivity (Wildman–Crippen MR) is 53.7 cm³/mol. The van der Waals surface area contributed by atoms with E-state index in [2.05, 4.69) is 0 Å². The summed E-state index contributed by atoms with van der Waals surface area (Å²) in [5, 5.41) is 0. The topological polar surface area (TPSA) is 163 Å². The Kier molecular flexibility index (Phi) is 3.59. The maximum atomic E-state index is 13.4. The van der Waals surface area contributed by atoms with Crippen molar-refractivity contribution < 1.29 is 43.3 Å². The van der Waals surface area contributed by atoms with Gasteiger partial charge in [0.1, 0.15) is 0 Å². The van der Waals surface area contributed by atoms with Crippen molar-refractivity contribution in [1.82, 2.24) is 0 Å². The van der Waals surface area contributed by atoms with E-state index < -0.39 is 60.8 Å². The average molecular weight is 342 g/mol. The molecule has 1 heterocycles. The molecular formula is C4H3FO9S4.